The molecule has 0 spiro atoms. The molecule has 0 fully saturated rings. The van der Waals surface area contributed by atoms with Crippen molar-refractivity contribution >= 4 is 41.6 Å². The molecule has 0 unspecified atom stereocenters. The summed E-state index contributed by atoms with van der Waals surface area (Å²) in [5.41, 5.74) is 2.00. The van der Waals surface area contributed by atoms with E-state index in [-0.39, 0.29) is 30.7 Å². The maximum atomic E-state index is 12.6. The van der Waals surface area contributed by atoms with Crippen LogP contribution in [0.4, 0.5) is 0 Å². The molecular formula is C19H23Cl2N3O3. The smallest absolute Gasteiger partial charge is 0.252 e. The van der Waals surface area contributed by atoms with Crippen LogP contribution in [0.5, 0.6) is 0 Å². The van der Waals surface area contributed by atoms with Crippen molar-refractivity contribution in [2.75, 3.05) is 33.4 Å². The molecule has 8 heteroatoms. The third kappa shape index (κ3) is 5.94. The zero-order chi connectivity index (χ0) is 17.5. The predicted molar refractivity (Wildman–Crippen MR) is 111 cm³/mol. The zero-order valence-corrected chi connectivity index (χ0v) is 16.6. The van der Waals surface area contributed by atoms with Crippen LogP contribution in [0, 0.1) is 0 Å². The van der Waals surface area contributed by atoms with Gasteiger partial charge in [-0.25, -0.2) is 4.98 Å². The molecule has 27 heavy (non-hydrogen) atoms. The molecule has 2 heterocycles. The van der Waals surface area contributed by atoms with E-state index in [1.807, 2.05) is 30.3 Å². The van der Waals surface area contributed by atoms with Crippen LogP contribution in [-0.2, 0) is 4.74 Å². The van der Waals surface area contributed by atoms with Crippen molar-refractivity contribution in [3.05, 3.63) is 54.3 Å². The van der Waals surface area contributed by atoms with Crippen LogP contribution in [0.15, 0.2) is 53.1 Å². The van der Waals surface area contributed by atoms with Crippen LogP contribution in [0.1, 0.15) is 10.4 Å². The number of benzene rings is 1. The number of fused-ring (bicyclic) bond motifs is 1. The summed E-state index contributed by atoms with van der Waals surface area (Å²) in [6.07, 6.45) is 1.59. The number of methoxy groups -OCH3 is 1. The van der Waals surface area contributed by atoms with Crippen molar-refractivity contribution in [3.63, 3.8) is 0 Å². The lowest BCUT2D eigenvalue weighted by Crippen LogP contribution is -2.33. The maximum Gasteiger partial charge on any atom is 0.252 e. The Bertz CT molecular complexity index is 841. The van der Waals surface area contributed by atoms with Gasteiger partial charge in [-0.1, -0.05) is 18.2 Å². The standard InChI is InChI=1S/C19H21N3O3.2ClH/c1-24-12-10-20-8-9-21-19(23)15-13-17(18-7-4-11-25-18)22-16-6-3-2-5-14(15)16;;/h2-7,11,13,20H,8-10,12H2,1H3,(H,21,23);2*1H. The van der Waals surface area contributed by atoms with Crippen LogP contribution in [0.3, 0.4) is 0 Å². The fraction of sp³-hybridized carbons (Fsp3) is 0.263. The number of carbonyl (C=O) groups is 1. The number of carbonyl (C=O) groups excluding carboxylic acids is 1. The quantitative estimate of drug-likeness (QED) is 0.556. The molecule has 0 bridgehead atoms. The average Bonchev–Trinajstić information content (AvgIpc) is 3.18. The number of rotatable bonds is 8. The van der Waals surface area contributed by atoms with E-state index in [0.29, 0.717) is 36.7 Å². The molecule has 0 aliphatic heterocycles. The minimum Gasteiger partial charge on any atom is -0.463 e. The number of amides is 1. The van der Waals surface area contributed by atoms with Crippen LogP contribution < -0.4 is 10.6 Å². The predicted octanol–water partition coefficient (Wildman–Crippen LogP) is 3.30. The van der Waals surface area contributed by atoms with Crippen molar-refractivity contribution in [2.45, 2.75) is 0 Å². The molecule has 1 aromatic carbocycles. The lowest BCUT2D eigenvalue weighted by atomic mass is 10.1. The third-order valence-corrected chi connectivity index (χ3v) is 3.80. The molecule has 0 aliphatic carbocycles. The van der Waals surface area contributed by atoms with E-state index in [1.165, 1.54) is 0 Å². The van der Waals surface area contributed by atoms with Gasteiger partial charge in [-0.3, -0.25) is 4.79 Å². The van der Waals surface area contributed by atoms with Gasteiger partial charge in [-0.05, 0) is 24.3 Å². The molecule has 2 aromatic heterocycles. The van der Waals surface area contributed by atoms with E-state index in [0.717, 1.165) is 17.4 Å². The fourth-order valence-electron chi connectivity index (χ4n) is 2.57. The van der Waals surface area contributed by atoms with Crippen molar-refractivity contribution in [2.24, 2.45) is 0 Å². The lowest BCUT2D eigenvalue weighted by Gasteiger charge is -2.10. The summed E-state index contributed by atoms with van der Waals surface area (Å²) >= 11 is 0. The second kappa shape index (κ2) is 11.6. The summed E-state index contributed by atoms with van der Waals surface area (Å²) in [6.45, 7) is 2.63. The first-order chi connectivity index (χ1) is 12.3. The van der Waals surface area contributed by atoms with Gasteiger partial charge in [0.2, 0.25) is 0 Å². The summed E-state index contributed by atoms with van der Waals surface area (Å²) in [4.78, 5) is 17.2. The molecule has 0 radical (unpaired) electrons. The molecular weight excluding hydrogens is 389 g/mol. The fourth-order valence-corrected chi connectivity index (χ4v) is 2.57. The van der Waals surface area contributed by atoms with E-state index >= 15 is 0 Å². The second-order valence-corrected chi connectivity index (χ2v) is 5.55. The van der Waals surface area contributed by atoms with Gasteiger partial charge in [-0.15, -0.1) is 24.8 Å². The molecule has 146 valence electrons. The average molecular weight is 412 g/mol. The van der Waals surface area contributed by atoms with Crippen LogP contribution in [-0.4, -0.2) is 44.2 Å². The molecule has 0 saturated heterocycles. The number of nitrogens with zero attached hydrogens (tertiary/aromatic N) is 1. The molecule has 0 aliphatic rings. The van der Waals surface area contributed by atoms with Gasteiger partial charge in [-0.2, -0.15) is 0 Å². The molecule has 0 atom stereocenters. The van der Waals surface area contributed by atoms with Gasteiger partial charge < -0.3 is 19.8 Å². The van der Waals surface area contributed by atoms with Crippen molar-refractivity contribution in [3.8, 4) is 11.5 Å². The monoisotopic (exact) mass is 411 g/mol. The first-order valence-corrected chi connectivity index (χ1v) is 8.21. The Morgan fingerprint density at radius 1 is 1.11 bits per heavy atom. The van der Waals surface area contributed by atoms with E-state index < -0.39 is 0 Å². The molecule has 1 amide bonds. The molecule has 3 rings (SSSR count). The number of pyridine rings is 1. The Morgan fingerprint density at radius 3 is 2.67 bits per heavy atom. The SMILES string of the molecule is COCCNCCNC(=O)c1cc(-c2ccco2)nc2ccccc12.Cl.Cl. The number of hydrogen-bond donors (Lipinski definition) is 2. The third-order valence-electron chi connectivity index (χ3n) is 3.80. The lowest BCUT2D eigenvalue weighted by molar-refractivity contribution is 0.0955. The first kappa shape index (κ1) is 22.9. The van der Waals surface area contributed by atoms with Gasteiger partial charge in [0.05, 0.1) is 24.0 Å². The van der Waals surface area contributed by atoms with Gasteiger partial charge in [0, 0.05) is 32.1 Å². The number of aromatic nitrogens is 1. The topological polar surface area (TPSA) is 76.4 Å². The Labute approximate surface area is 170 Å². The Morgan fingerprint density at radius 2 is 1.93 bits per heavy atom. The van der Waals surface area contributed by atoms with Crippen molar-refractivity contribution < 1.29 is 13.9 Å². The number of nitrogens with one attached hydrogen (secondary N) is 2. The highest BCUT2D eigenvalue weighted by molar-refractivity contribution is 6.07. The van der Waals surface area contributed by atoms with E-state index in [1.54, 1.807) is 25.5 Å². The van der Waals surface area contributed by atoms with Gasteiger partial charge in [0.25, 0.3) is 5.91 Å². The summed E-state index contributed by atoms with van der Waals surface area (Å²) < 4.78 is 10.4. The summed E-state index contributed by atoms with van der Waals surface area (Å²) in [5, 5.41) is 6.96. The Kier molecular flexibility index (Phi) is 9.82. The number of para-hydroxylation sites is 1. The van der Waals surface area contributed by atoms with Gasteiger partial charge in [0.1, 0.15) is 5.69 Å². The highest BCUT2D eigenvalue weighted by Gasteiger charge is 2.14. The minimum absolute atomic E-state index is 0. The number of halogens is 2. The molecule has 2 N–H and O–H groups in total. The van der Waals surface area contributed by atoms with Crippen molar-refractivity contribution in [1.82, 2.24) is 15.6 Å². The Hall–Kier alpha value is -2.12. The number of hydrogen-bond acceptors (Lipinski definition) is 5. The minimum atomic E-state index is -0.125. The Balaban J connectivity index is 0.00000182. The van der Waals surface area contributed by atoms with Crippen LogP contribution in [0.25, 0.3) is 22.4 Å². The summed E-state index contributed by atoms with van der Waals surface area (Å²) in [5.74, 6) is 0.515. The van der Waals surface area contributed by atoms with Crippen molar-refractivity contribution in [1.29, 1.82) is 0 Å². The summed E-state index contributed by atoms with van der Waals surface area (Å²) in [6, 6.07) is 13.0. The second-order valence-electron chi connectivity index (χ2n) is 5.55. The van der Waals surface area contributed by atoms with Crippen LogP contribution >= 0.6 is 24.8 Å². The molecule has 0 saturated carbocycles. The highest BCUT2D eigenvalue weighted by atomic mass is 35.5. The van der Waals surface area contributed by atoms with Gasteiger partial charge >= 0.3 is 0 Å². The van der Waals surface area contributed by atoms with E-state index in [2.05, 4.69) is 15.6 Å². The number of ether oxygens (including phenoxy) is 1. The maximum absolute atomic E-state index is 12.6. The molecule has 6 nitrogen and oxygen atoms in total. The van der Waals surface area contributed by atoms with E-state index in [4.69, 9.17) is 9.15 Å². The first-order valence-electron chi connectivity index (χ1n) is 8.21. The number of furan rings is 1. The zero-order valence-electron chi connectivity index (χ0n) is 14.9. The van der Waals surface area contributed by atoms with Crippen LogP contribution in [0.2, 0.25) is 0 Å². The normalized spacial score (nSPS) is 10.1. The largest absolute Gasteiger partial charge is 0.463 e. The van der Waals surface area contributed by atoms with E-state index in [9.17, 15) is 4.79 Å². The molecule has 3 aromatic rings. The van der Waals surface area contributed by atoms with Gasteiger partial charge in [0.15, 0.2) is 5.76 Å². The highest BCUT2D eigenvalue weighted by Crippen LogP contribution is 2.25. The summed E-state index contributed by atoms with van der Waals surface area (Å²) in [7, 11) is 1.66.